The molecule has 4 nitrogen and oxygen atoms in total. The normalized spacial score (nSPS) is 9.82. The summed E-state index contributed by atoms with van der Waals surface area (Å²) in [4.78, 5) is 11.2. The van der Waals surface area contributed by atoms with Gasteiger partial charge in [-0.3, -0.25) is 0 Å². The van der Waals surface area contributed by atoms with E-state index in [-0.39, 0.29) is 6.03 Å². The molecule has 2 amide bonds. The fourth-order valence-electron chi connectivity index (χ4n) is 1.64. The van der Waals surface area contributed by atoms with E-state index in [2.05, 4.69) is 16.7 Å². The lowest BCUT2D eigenvalue weighted by molar-refractivity contribution is 0.241. The Labute approximate surface area is 102 Å². The highest BCUT2D eigenvalue weighted by molar-refractivity contribution is 5.73. The van der Waals surface area contributed by atoms with Crippen LogP contribution in [0.1, 0.15) is 18.1 Å². The fourth-order valence-corrected chi connectivity index (χ4v) is 1.64. The SMILES string of the molecule is CCNC(=O)NCCc1cc(C)ccc1OC. The van der Waals surface area contributed by atoms with E-state index >= 15 is 0 Å². The van der Waals surface area contributed by atoms with Gasteiger partial charge in [0.15, 0.2) is 0 Å². The van der Waals surface area contributed by atoms with Crippen molar-refractivity contribution in [3.8, 4) is 5.75 Å². The van der Waals surface area contributed by atoms with Crippen LogP contribution in [-0.2, 0) is 6.42 Å². The Kier molecular flexibility index (Phi) is 5.33. The van der Waals surface area contributed by atoms with E-state index in [4.69, 9.17) is 4.74 Å². The Morgan fingerprint density at radius 1 is 1.35 bits per heavy atom. The number of urea groups is 1. The minimum Gasteiger partial charge on any atom is -0.496 e. The van der Waals surface area contributed by atoms with Crippen molar-refractivity contribution in [1.29, 1.82) is 0 Å². The van der Waals surface area contributed by atoms with Gasteiger partial charge in [0.25, 0.3) is 0 Å². The molecule has 94 valence electrons. The molecule has 1 aromatic carbocycles. The largest absolute Gasteiger partial charge is 0.496 e. The quantitative estimate of drug-likeness (QED) is 0.820. The van der Waals surface area contributed by atoms with E-state index in [1.807, 2.05) is 26.0 Å². The Balaban J connectivity index is 2.50. The van der Waals surface area contributed by atoms with E-state index in [1.54, 1.807) is 7.11 Å². The van der Waals surface area contributed by atoms with Crippen molar-refractivity contribution in [2.45, 2.75) is 20.3 Å². The van der Waals surface area contributed by atoms with Gasteiger partial charge in [-0.25, -0.2) is 4.79 Å². The van der Waals surface area contributed by atoms with E-state index in [1.165, 1.54) is 5.56 Å². The maximum atomic E-state index is 11.2. The van der Waals surface area contributed by atoms with Crippen molar-refractivity contribution in [2.75, 3.05) is 20.2 Å². The number of aryl methyl sites for hydroxylation is 1. The molecule has 0 spiro atoms. The van der Waals surface area contributed by atoms with Gasteiger partial charge in [-0.15, -0.1) is 0 Å². The first-order chi connectivity index (χ1) is 8.17. The van der Waals surface area contributed by atoms with Crippen molar-refractivity contribution < 1.29 is 9.53 Å². The van der Waals surface area contributed by atoms with Crippen LogP contribution in [0.3, 0.4) is 0 Å². The van der Waals surface area contributed by atoms with Gasteiger partial charge in [-0.2, -0.15) is 0 Å². The van der Waals surface area contributed by atoms with E-state index < -0.39 is 0 Å². The average Bonchev–Trinajstić information content (AvgIpc) is 2.30. The molecule has 0 bridgehead atoms. The molecule has 1 aromatic rings. The van der Waals surface area contributed by atoms with Gasteiger partial charge < -0.3 is 15.4 Å². The first-order valence-corrected chi connectivity index (χ1v) is 5.82. The zero-order valence-corrected chi connectivity index (χ0v) is 10.7. The molecule has 0 aliphatic carbocycles. The summed E-state index contributed by atoms with van der Waals surface area (Å²) < 4.78 is 5.28. The summed E-state index contributed by atoms with van der Waals surface area (Å²) in [7, 11) is 1.66. The molecular weight excluding hydrogens is 216 g/mol. The number of hydrogen-bond acceptors (Lipinski definition) is 2. The molecule has 0 saturated carbocycles. The van der Waals surface area contributed by atoms with E-state index in [9.17, 15) is 4.79 Å². The number of hydrogen-bond donors (Lipinski definition) is 2. The fraction of sp³-hybridized carbons (Fsp3) is 0.462. The summed E-state index contributed by atoms with van der Waals surface area (Å²) in [6.45, 7) is 5.18. The highest BCUT2D eigenvalue weighted by Gasteiger charge is 2.04. The lowest BCUT2D eigenvalue weighted by Crippen LogP contribution is -2.36. The average molecular weight is 236 g/mol. The molecule has 0 heterocycles. The summed E-state index contributed by atoms with van der Waals surface area (Å²) >= 11 is 0. The lowest BCUT2D eigenvalue weighted by atomic mass is 10.1. The van der Waals surface area contributed by atoms with E-state index in [0.717, 1.165) is 17.7 Å². The van der Waals surface area contributed by atoms with Gasteiger partial charge in [0.1, 0.15) is 5.75 Å². The minimum absolute atomic E-state index is 0.126. The van der Waals surface area contributed by atoms with Gasteiger partial charge in [0.2, 0.25) is 0 Å². The van der Waals surface area contributed by atoms with Crippen LogP contribution in [-0.4, -0.2) is 26.2 Å². The molecule has 0 saturated heterocycles. The van der Waals surface area contributed by atoms with Crippen molar-refractivity contribution in [3.05, 3.63) is 29.3 Å². The number of methoxy groups -OCH3 is 1. The third-order valence-electron chi connectivity index (χ3n) is 2.45. The van der Waals surface area contributed by atoms with Crippen LogP contribution < -0.4 is 15.4 Å². The highest BCUT2D eigenvalue weighted by atomic mass is 16.5. The van der Waals surface area contributed by atoms with Crippen LogP contribution in [0.4, 0.5) is 4.79 Å². The Hall–Kier alpha value is -1.71. The Morgan fingerprint density at radius 2 is 2.12 bits per heavy atom. The second kappa shape index (κ2) is 6.78. The predicted molar refractivity (Wildman–Crippen MR) is 68.5 cm³/mol. The van der Waals surface area contributed by atoms with Gasteiger partial charge in [-0.05, 0) is 31.9 Å². The number of carbonyl (C=O) groups is 1. The van der Waals surface area contributed by atoms with Crippen LogP contribution in [0.2, 0.25) is 0 Å². The zero-order valence-electron chi connectivity index (χ0n) is 10.7. The van der Waals surface area contributed by atoms with Gasteiger partial charge in [0.05, 0.1) is 7.11 Å². The van der Waals surface area contributed by atoms with Gasteiger partial charge in [-0.1, -0.05) is 17.7 Å². The van der Waals surface area contributed by atoms with Crippen LogP contribution in [0.15, 0.2) is 18.2 Å². The standard InChI is InChI=1S/C13H20N2O2/c1-4-14-13(16)15-8-7-11-9-10(2)5-6-12(11)17-3/h5-6,9H,4,7-8H2,1-3H3,(H2,14,15,16). The Morgan fingerprint density at radius 3 is 2.76 bits per heavy atom. The monoisotopic (exact) mass is 236 g/mol. The van der Waals surface area contributed by atoms with Gasteiger partial charge in [0, 0.05) is 13.1 Å². The van der Waals surface area contributed by atoms with Crippen LogP contribution in [0.5, 0.6) is 5.75 Å². The van der Waals surface area contributed by atoms with Crippen molar-refractivity contribution >= 4 is 6.03 Å². The first kappa shape index (κ1) is 13.4. The number of carbonyl (C=O) groups excluding carboxylic acids is 1. The molecule has 0 aromatic heterocycles. The minimum atomic E-state index is -0.126. The van der Waals surface area contributed by atoms with Crippen LogP contribution >= 0.6 is 0 Å². The number of nitrogens with one attached hydrogen (secondary N) is 2. The van der Waals surface area contributed by atoms with Crippen molar-refractivity contribution in [1.82, 2.24) is 10.6 Å². The maximum absolute atomic E-state index is 11.2. The molecule has 0 aliphatic rings. The molecule has 0 aliphatic heterocycles. The second-order valence-corrected chi connectivity index (χ2v) is 3.85. The molecule has 0 atom stereocenters. The third-order valence-corrected chi connectivity index (χ3v) is 2.45. The summed E-state index contributed by atoms with van der Waals surface area (Å²) in [5.41, 5.74) is 2.31. The van der Waals surface area contributed by atoms with Crippen LogP contribution in [0.25, 0.3) is 0 Å². The molecule has 0 radical (unpaired) electrons. The molecule has 17 heavy (non-hydrogen) atoms. The maximum Gasteiger partial charge on any atom is 0.314 e. The summed E-state index contributed by atoms with van der Waals surface area (Å²) in [6.07, 6.45) is 0.766. The number of benzene rings is 1. The smallest absolute Gasteiger partial charge is 0.314 e. The van der Waals surface area contributed by atoms with Crippen molar-refractivity contribution in [3.63, 3.8) is 0 Å². The lowest BCUT2D eigenvalue weighted by Gasteiger charge is -2.10. The molecule has 0 fully saturated rings. The first-order valence-electron chi connectivity index (χ1n) is 5.82. The molecule has 1 rings (SSSR count). The number of ether oxygens (including phenoxy) is 1. The zero-order chi connectivity index (χ0) is 12.7. The molecule has 2 N–H and O–H groups in total. The number of amides is 2. The van der Waals surface area contributed by atoms with Crippen molar-refractivity contribution in [2.24, 2.45) is 0 Å². The summed E-state index contributed by atoms with van der Waals surface area (Å²) in [6, 6.07) is 5.92. The van der Waals surface area contributed by atoms with Crippen LogP contribution in [0, 0.1) is 6.92 Å². The van der Waals surface area contributed by atoms with Gasteiger partial charge >= 0.3 is 6.03 Å². The summed E-state index contributed by atoms with van der Waals surface area (Å²) in [5, 5.41) is 5.49. The molecule has 0 unspecified atom stereocenters. The topological polar surface area (TPSA) is 50.4 Å². The summed E-state index contributed by atoms with van der Waals surface area (Å²) in [5.74, 6) is 0.869. The number of rotatable bonds is 5. The Bertz CT molecular complexity index is 378. The van der Waals surface area contributed by atoms with E-state index in [0.29, 0.717) is 13.1 Å². The second-order valence-electron chi connectivity index (χ2n) is 3.85. The predicted octanol–water partition coefficient (Wildman–Crippen LogP) is 1.87. The molecular formula is C13H20N2O2. The molecule has 4 heteroatoms. The third kappa shape index (κ3) is 4.34. The highest BCUT2D eigenvalue weighted by Crippen LogP contribution is 2.19.